The SMILES string of the molecule is Nc1cccc(Cl)c1NS(=O)(=O)NCC(F)(F)F. The number of anilines is 2. The minimum atomic E-state index is -4.65. The molecule has 0 aliphatic rings. The first-order chi connectivity index (χ1) is 8.11. The van der Waals surface area contributed by atoms with Crippen molar-refractivity contribution in [3.05, 3.63) is 23.2 Å². The number of alkyl halides is 3. The summed E-state index contributed by atoms with van der Waals surface area (Å²) < 4.78 is 61.4. The smallest absolute Gasteiger partial charge is 0.397 e. The molecular formula is C8H9ClF3N3O2S. The van der Waals surface area contributed by atoms with Gasteiger partial charge in [0.1, 0.15) is 6.54 Å². The Balaban J connectivity index is 2.84. The van der Waals surface area contributed by atoms with Crippen LogP contribution in [0.25, 0.3) is 0 Å². The second-order valence-corrected chi connectivity index (χ2v) is 5.15. The normalized spacial score (nSPS) is 12.4. The van der Waals surface area contributed by atoms with Gasteiger partial charge in [0.05, 0.1) is 16.4 Å². The lowest BCUT2D eigenvalue weighted by Gasteiger charge is -2.13. The van der Waals surface area contributed by atoms with Crippen molar-refractivity contribution in [3.8, 4) is 0 Å². The third-order valence-electron chi connectivity index (χ3n) is 1.74. The first-order valence-electron chi connectivity index (χ1n) is 4.49. The molecule has 102 valence electrons. The molecule has 0 radical (unpaired) electrons. The third kappa shape index (κ3) is 4.59. The molecule has 1 aromatic rings. The van der Waals surface area contributed by atoms with Gasteiger partial charge in [-0.3, -0.25) is 4.72 Å². The molecule has 0 saturated carbocycles. The summed E-state index contributed by atoms with van der Waals surface area (Å²) in [5.41, 5.74) is 5.28. The van der Waals surface area contributed by atoms with Crippen molar-refractivity contribution in [2.24, 2.45) is 0 Å². The second-order valence-electron chi connectivity index (χ2n) is 3.25. The highest BCUT2D eigenvalue weighted by atomic mass is 35.5. The van der Waals surface area contributed by atoms with Gasteiger partial charge in [-0.2, -0.15) is 26.3 Å². The van der Waals surface area contributed by atoms with Crippen LogP contribution in [-0.2, 0) is 10.2 Å². The molecule has 0 spiro atoms. The van der Waals surface area contributed by atoms with E-state index in [1.165, 1.54) is 22.9 Å². The van der Waals surface area contributed by atoms with E-state index < -0.39 is 22.9 Å². The fourth-order valence-electron chi connectivity index (χ4n) is 0.996. The summed E-state index contributed by atoms with van der Waals surface area (Å²) in [5.74, 6) is 0. The highest BCUT2D eigenvalue weighted by Gasteiger charge is 2.29. The molecule has 10 heteroatoms. The molecule has 0 amide bonds. The number of rotatable bonds is 4. The van der Waals surface area contributed by atoms with E-state index in [0.29, 0.717) is 0 Å². The predicted octanol–water partition coefficient (Wildman–Crippen LogP) is 1.73. The molecule has 18 heavy (non-hydrogen) atoms. The van der Waals surface area contributed by atoms with E-state index >= 15 is 0 Å². The Bertz CT molecular complexity index is 513. The molecule has 4 N–H and O–H groups in total. The number of hydrogen-bond donors (Lipinski definition) is 3. The van der Waals surface area contributed by atoms with Gasteiger partial charge in [0, 0.05) is 0 Å². The number of hydrogen-bond acceptors (Lipinski definition) is 3. The Labute approximate surface area is 106 Å². The predicted molar refractivity (Wildman–Crippen MR) is 62.5 cm³/mol. The average Bonchev–Trinajstić information content (AvgIpc) is 2.20. The van der Waals surface area contributed by atoms with E-state index in [9.17, 15) is 21.6 Å². The van der Waals surface area contributed by atoms with Gasteiger partial charge in [0.2, 0.25) is 0 Å². The van der Waals surface area contributed by atoms with E-state index in [2.05, 4.69) is 0 Å². The van der Waals surface area contributed by atoms with Crippen LogP contribution in [-0.4, -0.2) is 21.1 Å². The van der Waals surface area contributed by atoms with Crippen LogP contribution >= 0.6 is 11.6 Å². The number of nitrogen functional groups attached to an aromatic ring is 1. The summed E-state index contributed by atoms with van der Waals surface area (Å²) in [5, 5.41) is -0.0209. The lowest BCUT2D eigenvalue weighted by atomic mass is 10.3. The van der Waals surface area contributed by atoms with Crippen molar-refractivity contribution in [3.63, 3.8) is 0 Å². The Morgan fingerprint density at radius 2 is 1.94 bits per heavy atom. The van der Waals surface area contributed by atoms with Crippen molar-refractivity contribution in [2.75, 3.05) is 17.0 Å². The number of nitrogens with two attached hydrogens (primary N) is 1. The van der Waals surface area contributed by atoms with Gasteiger partial charge >= 0.3 is 6.18 Å². The quantitative estimate of drug-likeness (QED) is 0.741. The Hall–Kier alpha value is -1.19. The van der Waals surface area contributed by atoms with Gasteiger partial charge in [-0.1, -0.05) is 17.7 Å². The molecule has 0 bridgehead atoms. The molecule has 0 aliphatic carbocycles. The monoisotopic (exact) mass is 303 g/mol. The van der Waals surface area contributed by atoms with Crippen molar-refractivity contribution < 1.29 is 21.6 Å². The van der Waals surface area contributed by atoms with Gasteiger partial charge < -0.3 is 5.73 Å². The molecule has 0 unspecified atom stereocenters. The molecule has 0 aliphatic heterocycles. The van der Waals surface area contributed by atoms with Crippen LogP contribution in [0.5, 0.6) is 0 Å². The van der Waals surface area contributed by atoms with E-state index in [0.717, 1.165) is 0 Å². The van der Waals surface area contributed by atoms with E-state index in [-0.39, 0.29) is 16.4 Å². The summed E-state index contributed by atoms with van der Waals surface area (Å²) in [6.45, 7) is -1.69. The number of halogens is 4. The van der Waals surface area contributed by atoms with Crippen molar-refractivity contribution in [2.45, 2.75) is 6.18 Å². The van der Waals surface area contributed by atoms with Gasteiger partial charge in [0.15, 0.2) is 0 Å². The highest BCUT2D eigenvalue weighted by molar-refractivity contribution is 7.90. The molecule has 0 fully saturated rings. The second kappa shape index (κ2) is 5.21. The zero-order chi connectivity index (χ0) is 14.0. The van der Waals surface area contributed by atoms with Crippen LogP contribution in [0.1, 0.15) is 0 Å². The van der Waals surface area contributed by atoms with E-state index in [1.54, 1.807) is 0 Å². The minimum Gasteiger partial charge on any atom is -0.397 e. The molecular weight excluding hydrogens is 295 g/mol. The zero-order valence-electron chi connectivity index (χ0n) is 8.75. The van der Waals surface area contributed by atoms with Crippen molar-refractivity contribution in [1.29, 1.82) is 0 Å². The minimum absolute atomic E-state index is 0.000108. The number of benzene rings is 1. The highest BCUT2D eigenvalue weighted by Crippen LogP contribution is 2.28. The van der Waals surface area contributed by atoms with Crippen LogP contribution in [0, 0.1) is 0 Å². The molecule has 5 nitrogen and oxygen atoms in total. The fourth-order valence-corrected chi connectivity index (χ4v) is 2.20. The van der Waals surface area contributed by atoms with Crippen LogP contribution in [0.15, 0.2) is 18.2 Å². The lowest BCUT2D eigenvalue weighted by Crippen LogP contribution is -2.37. The molecule has 0 heterocycles. The molecule has 1 aromatic carbocycles. The van der Waals surface area contributed by atoms with Gasteiger partial charge in [0.25, 0.3) is 10.2 Å². The number of para-hydroxylation sites is 1. The van der Waals surface area contributed by atoms with Crippen LogP contribution in [0.3, 0.4) is 0 Å². The first kappa shape index (κ1) is 14.9. The maximum absolute atomic E-state index is 11.9. The maximum Gasteiger partial charge on any atom is 0.402 e. The maximum atomic E-state index is 11.9. The summed E-state index contributed by atoms with van der Waals surface area (Å²) in [7, 11) is -4.40. The molecule has 0 saturated heterocycles. The lowest BCUT2D eigenvalue weighted by molar-refractivity contribution is -0.121. The van der Waals surface area contributed by atoms with E-state index in [4.69, 9.17) is 17.3 Å². The van der Waals surface area contributed by atoms with Gasteiger partial charge in [-0.25, -0.2) is 0 Å². The Morgan fingerprint density at radius 3 is 2.44 bits per heavy atom. The molecule has 1 rings (SSSR count). The largest absolute Gasteiger partial charge is 0.402 e. The van der Waals surface area contributed by atoms with Crippen molar-refractivity contribution >= 4 is 33.2 Å². The number of nitrogens with one attached hydrogen (secondary N) is 2. The van der Waals surface area contributed by atoms with Gasteiger partial charge in [-0.05, 0) is 12.1 Å². The summed E-state index contributed by atoms with van der Waals surface area (Å²) in [4.78, 5) is 0. The third-order valence-corrected chi connectivity index (χ3v) is 3.06. The molecule has 0 aromatic heterocycles. The van der Waals surface area contributed by atoms with Crippen LogP contribution in [0.4, 0.5) is 24.5 Å². The summed E-state index contributed by atoms with van der Waals surface area (Å²) >= 11 is 5.67. The molecule has 0 atom stereocenters. The fraction of sp³-hybridized carbons (Fsp3) is 0.250. The standard InChI is InChI=1S/C8H9ClF3N3O2S/c9-5-2-1-3-6(13)7(5)15-18(16,17)14-4-8(10,11)12/h1-3,14-15H,4,13H2. The first-order valence-corrected chi connectivity index (χ1v) is 6.35. The van der Waals surface area contributed by atoms with Crippen molar-refractivity contribution in [1.82, 2.24) is 4.72 Å². The topological polar surface area (TPSA) is 84.2 Å². The van der Waals surface area contributed by atoms with Crippen LogP contribution in [0.2, 0.25) is 5.02 Å². The summed E-state index contributed by atoms with van der Waals surface area (Å²) in [6, 6.07) is 4.17. The Kier molecular flexibility index (Phi) is 4.30. The van der Waals surface area contributed by atoms with Gasteiger partial charge in [-0.15, -0.1) is 0 Å². The zero-order valence-corrected chi connectivity index (χ0v) is 10.3. The average molecular weight is 304 g/mol. The Morgan fingerprint density at radius 1 is 1.33 bits per heavy atom. The van der Waals surface area contributed by atoms with Crippen LogP contribution < -0.4 is 15.2 Å². The summed E-state index contributed by atoms with van der Waals surface area (Å²) in [6.07, 6.45) is -4.65. The van der Waals surface area contributed by atoms with E-state index in [1.807, 2.05) is 4.72 Å².